The number of phosphoric ester groups is 1. The van der Waals surface area contributed by atoms with Crippen LogP contribution in [0.1, 0.15) is 36.7 Å². The number of nitrogens with zero attached hydrogens (tertiary/aromatic N) is 3. The molecule has 2 aliphatic rings. The quantitative estimate of drug-likeness (QED) is 0.177. The second-order valence-electron chi connectivity index (χ2n) is 10.7. The predicted octanol–water partition coefficient (Wildman–Crippen LogP) is 3.68. The van der Waals surface area contributed by atoms with Crippen molar-refractivity contribution in [1.29, 1.82) is 0 Å². The van der Waals surface area contributed by atoms with E-state index in [1.165, 1.54) is 22.7 Å². The fraction of sp³-hybridized carbons (Fsp3) is 0.357. The molecule has 5 rings (SSSR count). The highest BCUT2D eigenvalue weighted by molar-refractivity contribution is 7.46. The third-order valence-corrected chi connectivity index (χ3v) is 7.87. The number of hydrogen-bond acceptors (Lipinski definition) is 6. The van der Waals surface area contributed by atoms with Crippen LogP contribution in [0.25, 0.3) is 11.8 Å². The van der Waals surface area contributed by atoms with E-state index in [4.69, 9.17) is 24.0 Å². The Balaban J connectivity index is 1.47. The minimum absolute atomic E-state index is 0.0183. The van der Waals surface area contributed by atoms with Crippen molar-refractivity contribution in [2.45, 2.75) is 45.2 Å². The zero-order valence-electron chi connectivity index (χ0n) is 23.7. The molecule has 2 fully saturated rings. The number of halogens is 3. The summed E-state index contributed by atoms with van der Waals surface area (Å²) < 4.78 is 78.2. The van der Waals surface area contributed by atoms with Crippen molar-refractivity contribution in [2.24, 2.45) is 0 Å². The molecule has 43 heavy (non-hydrogen) atoms. The molecule has 0 saturated carbocycles. The summed E-state index contributed by atoms with van der Waals surface area (Å²) in [6, 6.07) is 5.35. The summed E-state index contributed by atoms with van der Waals surface area (Å²) in [4.78, 5) is 33.3. The van der Waals surface area contributed by atoms with Gasteiger partial charge in [-0.3, -0.25) is 4.79 Å². The molecule has 2 N–H and O–H groups in total. The number of morpholine rings is 2. The Bertz CT molecular complexity index is 1630. The number of benzene rings is 2. The number of imidazole rings is 1. The first-order valence-electron chi connectivity index (χ1n) is 13.1. The number of carbonyl (C=O) groups is 1. The Morgan fingerprint density at radius 1 is 1.16 bits per heavy atom. The Labute approximate surface area is 244 Å². The Morgan fingerprint density at radius 2 is 1.86 bits per heavy atom. The van der Waals surface area contributed by atoms with Gasteiger partial charge in [0.2, 0.25) is 6.73 Å². The number of hydrogen-bond donors (Lipinski definition) is 2. The average molecular weight is 625 g/mol. The minimum atomic E-state index is -4.66. The van der Waals surface area contributed by atoms with Crippen LogP contribution < -0.4 is 9.30 Å². The van der Waals surface area contributed by atoms with Gasteiger partial charge in [-0.2, -0.15) is 4.57 Å². The van der Waals surface area contributed by atoms with Gasteiger partial charge in [-0.15, -0.1) is 0 Å². The van der Waals surface area contributed by atoms with Crippen LogP contribution in [0.4, 0.5) is 13.2 Å². The molecule has 2 aromatic carbocycles. The van der Waals surface area contributed by atoms with Crippen LogP contribution in [0.2, 0.25) is 0 Å². The zero-order valence-corrected chi connectivity index (χ0v) is 24.6. The van der Waals surface area contributed by atoms with Crippen molar-refractivity contribution in [1.82, 2.24) is 9.47 Å². The molecule has 2 saturated heterocycles. The number of aromatic nitrogens is 2. The molecule has 15 heteroatoms. The molecule has 2 atom stereocenters. The Kier molecular flexibility index (Phi) is 8.18. The molecule has 230 valence electrons. The third kappa shape index (κ3) is 6.20. The van der Waals surface area contributed by atoms with E-state index < -0.39 is 48.9 Å². The van der Waals surface area contributed by atoms with E-state index in [0.29, 0.717) is 22.7 Å². The van der Waals surface area contributed by atoms with E-state index in [2.05, 4.69) is 4.52 Å². The second-order valence-corrected chi connectivity index (χ2v) is 12.0. The summed E-state index contributed by atoms with van der Waals surface area (Å²) in [6.07, 6.45) is 4.83. The summed E-state index contributed by atoms with van der Waals surface area (Å²) in [5, 5.41) is 0. The van der Waals surface area contributed by atoms with Crippen molar-refractivity contribution in [3.05, 3.63) is 82.9 Å². The molecule has 3 aromatic rings. The summed E-state index contributed by atoms with van der Waals surface area (Å²) in [6.45, 7) is 4.99. The van der Waals surface area contributed by atoms with E-state index >= 15 is 0 Å². The normalized spacial score (nSPS) is 21.1. The average Bonchev–Trinajstić information content (AvgIpc) is 3.32. The van der Waals surface area contributed by atoms with Crippen LogP contribution >= 0.6 is 7.82 Å². The number of aryl methyl sites for hydroxylation is 1. The maximum absolute atomic E-state index is 14.1. The van der Waals surface area contributed by atoms with Crippen LogP contribution in [0.15, 0.2) is 48.6 Å². The van der Waals surface area contributed by atoms with Gasteiger partial charge in [0.25, 0.3) is 12.2 Å². The van der Waals surface area contributed by atoms with Gasteiger partial charge in [-0.05, 0) is 55.3 Å². The Morgan fingerprint density at radius 3 is 2.51 bits per heavy atom. The molecule has 0 radical (unpaired) electrons. The highest BCUT2D eigenvalue weighted by Crippen LogP contribution is 2.41. The number of carbonyl (C=O) groups excluding carboxylic acids is 1. The lowest BCUT2D eigenvalue weighted by molar-refractivity contribution is -0.596. The van der Waals surface area contributed by atoms with Crippen LogP contribution in [-0.4, -0.2) is 57.1 Å². The van der Waals surface area contributed by atoms with Crippen molar-refractivity contribution in [3.63, 3.8) is 0 Å². The van der Waals surface area contributed by atoms with Gasteiger partial charge in [0.1, 0.15) is 17.5 Å². The molecule has 0 spiro atoms. The number of methoxy groups -OCH3 is 1. The fourth-order valence-electron chi connectivity index (χ4n) is 5.23. The van der Waals surface area contributed by atoms with Gasteiger partial charge in [0.05, 0.1) is 32.4 Å². The predicted molar refractivity (Wildman–Crippen MR) is 144 cm³/mol. The van der Waals surface area contributed by atoms with Gasteiger partial charge in [0.15, 0.2) is 34.6 Å². The van der Waals surface area contributed by atoms with Crippen molar-refractivity contribution in [3.8, 4) is 11.4 Å². The lowest BCUT2D eigenvalue weighted by Gasteiger charge is -2.52. The number of phosphoric acid groups is 1. The minimum Gasteiger partial charge on any atom is -0.492 e. The number of ether oxygens (including phenoxy) is 3. The lowest BCUT2D eigenvalue weighted by atomic mass is 9.90. The highest BCUT2D eigenvalue weighted by atomic mass is 31.2. The van der Waals surface area contributed by atoms with Gasteiger partial charge < -0.3 is 28.9 Å². The maximum Gasteiger partial charge on any atom is 0.472 e. The zero-order chi connectivity index (χ0) is 31.3. The molecule has 2 aliphatic heterocycles. The van der Waals surface area contributed by atoms with Crippen molar-refractivity contribution in [2.75, 3.05) is 20.3 Å². The van der Waals surface area contributed by atoms with Crippen LogP contribution in [0.3, 0.4) is 0 Å². The molecule has 3 heterocycles. The molecular formula is C28H30F3N3O8P+. The van der Waals surface area contributed by atoms with Crippen molar-refractivity contribution < 1.29 is 55.6 Å². The molecule has 0 unspecified atom stereocenters. The summed E-state index contributed by atoms with van der Waals surface area (Å²) in [7, 11) is -3.20. The van der Waals surface area contributed by atoms with E-state index in [-0.39, 0.29) is 31.3 Å². The second kappa shape index (κ2) is 11.4. The van der Waals surface area contributed by atoms with Crippen molar-refractivity contribution >= 4 is 19.8 Å². The smallest absolute Gasteiger partial charge is 0.472 e. The first-order valence-corrected chi connectivity index (χ1v) is 14.6. The topological polar surface area (TPSA) is 124 Å². The standard InChI is InChI=1S/C28H29F3N3O8P/c1-16-11-32(14-33(16)15-41-43(36,37)38)21-6-5-17(7-23(21)39-4)8-24-27(35)34-22(12-40-13-25(34)28(2,3)42-24)18-9-19(29)26(31)20(30)10-18/h5-11,14,22,25H,12-13,15H2,1-4H3,(H-,36,37,38)/p+1/b24-8-/t22-,25+/m0/s1. The maximum atomic E-state index is 14.1. The molecule has 11 nitrogen and oxygen atoms in total. The molecular weight excluding hydrogens is 594 g/mol. The number of rotatable bonds is 7. The van der Waals surface area contributed by atoms with Gasteiger partial charge in [0, 0.05) is 6.92 Å². The summed E-state index contributed by atoms with van der Waals surface area (Å²) in [5.41, 5.74) is 0.894. The van der Waals surface area contributed by atoms with Crippen LogP contribution in [0, 0.1) is 24.4 Å². The van der Waals surface area contributed by atoms with E-state index in [9.17, 15) is 22.5 Å². The SMILES string of the molecule is COc1cc(/C=C2\OC(C)(C)[C@H]3COC[C@@H](c4cc(F)c(F)c(F)c4)N3C2=O)ccc1-[n+]1cc(C)n(COP(=O)(O)O)c1. The number of amides is 1. The van der Waals surface area contributed by atoms with Crippen LogP contribution in [0.5, 0.6) is 5.75 Å². The monoisotopic (exact) mass is 624 g/mol. The van der Waals surface area contributed by atoms with Crippen LogP contribution in [-0.2, 0) is 30.1 Å². The first-order chi connectivity index (χ1) is 20.2. The number of fused-ring (bicyclic) bond motifs is 1. The van der Waals surface area contributed by atoms with Gasteiger partial charge in [-0.25, -0.2) is 26.8 Å². The first kappa shape index (κ1) is 30.8. The Hall–Kier alpha value is -3.68. The largest absolute Gasteiger partial charge is 0.492 e. The molecule has 1 aromatic heterocycles. The van der Waals surface area contributed by atoms with E-state index in [1.54, 1.807) is 56.1 Å². The molecule has 0 aliphatic carbocycles. The molecule has 0 bridgehead atoms. The lowest BCUT2D eigenvalue weighted by Crippen LogP contribution is -2.64. The van der Waals surface area contributed by atoms with Gasteiger partial charge >= 0.3 is 7.82 Å². The highest BCUT2D eigenvalue weighted by Gasteiger charge is 2.51. The summed E-state index contributed by atoms with van der Waals surface area (Å²) >= 11 is 0. The van der Waals surface area contributed by atoms with Gasteiger partial charge in [-0.1, -0.05) is 6.07 Å². The van der Waals surface area contributed by atoms with E-state index in [0.717, 1.165) is 12.1 Å². The molecule has 1 amide bonds. The summed E-state index contributed by atoms with van der Waals surface area (Å²) in [5.74, 6) is -4.46. The third-order valence-electron chi connectivity index (χ3n) is 7.42. The van der Waals surface area contributed by atoms with E-state index in [1.807, 2.05) is 0 Å². The fourth-order valence-corrected chi connectivity index (χ4v) is 5.50.